The third-order valence-electron chi connectivity index (χ3n) is 3.69. The van der Waals surface area contributed by atoms with Crippen molar-refractivity contribution in [2.24, 2.45) is 10.9 Å². The molecule has 5 heteroatoms. The Morgan fingerprint density at radius 2 is 2.05 bits per heavy atom. The lowest BCUT2D eigenvalue weighted by molar-refractivity contribution is 0.506. The zero-order chi connectivity index (χ0) is 15.0. The number of nitrogens with one attached hydrogen (secondary N) is 2. The maximum atomic E-state index is 5.35. The fourth-order valence-electron chi connectivity index (χ4n) is 2.21. The van der Waals surface area contributed by atoms with Crippen molar-refractivity contribution in [2.45, 2.75) is 25.7 Å². The van der Waals surface area contributed by atoms with Gasteiger partial charge in [-0.15, -0.1) is 11.3 Å². The van der Waals surface area contributed by atoms with E-state index in [0.29, 0.717) is 0 Å². The number of nitrogens with zero attached hydrogens (tertiary/aromatic N) is 1. The van der Waals surface area contributed by atoms with Crippen LogP contribution in [0.3, 0.4) is 0 Å². The first kappa shape index (κ1) is 15.2. The Morgan fingerprint density at radius 3 is 2.73 bits per heavy atom. The predicted molar refractivity (Wildman–Crippen MR) is 91.5 cm³/mol. The summed E-state index contributed by atoms with van der Waals surface area (Å²) in [6.45, 7) is 2.69. The van der Waals surface area contributed by atoms with E-state index in [1.54, 1.807) is 17.6 Å². The molecule has 22 heavy (non-hydrogen) atoms. The molecule has 2 N–H and O–H groups in total. The number of rotatable bonds is 8. The van der Waals surface area contributed by atoms with E-state index in [-0.39, 0.29) is 0 Å². The van der Waals surface area contributed by atoms with Crippen LogP contribution in [0.5, 0.6) is 0 Å². The van der Waals surface area contributed by atoms with Crippen LogP contribution in [0.25, 0.3) is 0 Å². The van der Waals surface area contributed by atoms with Gasteiger partial charge < -0.3 is 15.1 Å². The zero-order valence-electron chi connectivity index (χ0n) is 12.8. The van der Waals surface area contributed by atoms with Gasteiger partial charge in [0.05, 0.1) is 6.26 Å². The minimum absolute atomic E-state index is 0.806. The molecule has 0 radical (unpaired) electrons. The van der Waals surface area contributed by atoms with E-state index < -0.39 is 0 Å². The van der Waals surface area contributed by atoms with Crippen LogP contribution in [-0.4, -0.2) is 25.6 Å². The van der Waals surface area contributed by atoms with E-state index in [0.717, 1.165) is 50.1 Å². The minimum Gasteiger partial charge on any atom is -0.469 e. The molecule has 4 nitrogen and oxygen atoms in total. The van der Waals surface area contributed by atoms with E-state index in [4.69, 9.17) is 9.41 Å². The van der Waals surface area contributed by atoms with Crippen LogP contribution in [0.15, 0.2) is 45.3 Å². The standard InChI is InChI=1S/C17H23N3OS/c1-3-15(21-11-1)7-9-18-17(20-13-14-5-6-14)19-10-8-16-4-2-12-22-16/h1-4,11-12,14H,5-10,13H2,(H2,18,19,20). The van der Waals surface area contributed by atoms with Crippen LogP contribution in [-0.2, 0) is 12.8 Å². The Kier molecular flexibility index (Phi) is 5.54. The molecule has 1 aliphatic rings. The molecule has 2 aromatic rings. The van der Waals surface area contributed by atoms with E-state index >= 15 is 0 Å². The normalized spacial score (nSPS) is 15.0. The zero-order valence-corrected chi connectivity index (χ0v) is 13.6. The largest absolute Gasteiger partial charge is 0.469 e. The third kappa shape index (κ3) is 5.22. The molecular weight excluding hydrogens is 294 g/mol. The molecule has 0 amide bonds. The van der Waals surface area contributed by atoms with Gasteiger partial charge >= 0.3 is 0 Å². The van der Waals surface area contributed by atoms with Gasteiger partial charge in [0, 0.05) is 30.9 Å². The predicted octanol–water partition coefficient (Wildman–Crippen LogP) is 3.07. The van der Waals surface area contributed by atoms with E-state index in [9.17, 15) is 0 Å². The molecule has 0 unspecified atom stereocenters. The third-order valence-corrected chi connectivity index (χ3v) is 4.63. The first-order chi connectivity index (χ1) is 10.9. The van der Waals surface area contributed by atoms with Gasteiger partial charge in [-0.3, -0.25) is 4.99 Å². The van der Waals surface area contributed by atoms with Crippen LogP contribution < -0.4 is 10.6 Å². The fraction of sp³-hybridized carbons (Fsp3) is 0.471. The minimum atomic E-state index is 0.806. The molecule has 1 fully saturated rings. The summed E-state index contributed by atoms with van der Waals surface area (Å²) < 4.78 is 5.35. The van der Waals surface area contributed by atoms with E-state index in [1.807, 2.05) is 12.1 Å². The van der Waals surface area contributed by atoms with Gasteiger partial charge in [0.15, 0.2) is 5.96 Å². The molecule has 3 rings (SSSR count). The molecule has 1 aliphatic carbocycles. The molecule has 0 bridgehead atoms. The van der Waals surface area contributed by atoms with Crippen molar-refractivity contribution in [2.75, 3.05) is 19.6 Å². The molecule has 1 saturated carbocycles. The molecule has 0 aliphatic heterocycles. The molecular formula is C17H23N3OS. The topological polar surface area (TPSA) is 49.6 Å². The summed E-state index contributed by atoms with van der Waals surface area (Å²) in [5, 5.41) is 8.96. The van der Waals surface area contributed by atoms with Crippen LogP contribution in [0.1, 0.15) is 23.5 Å². The average molecular weight is 317 g/mol. The van der Waals surface area contributed by atoms with Crippen LogP contribution in [0, 0.1) is 5.92 Å². The first-order valence-corrected chi connectivity index (χ1v) is 8.85. The van der Waals surface area contributed by atoms with Gasteiger partial charge in [0.25, 0.3) is 0 Å². The highest BCUT2D eigenvalue weighted by atomic mass is 32.1. The number of hydrogen-bond acceptors (Lipinski definition) is 3. The first-order valence-electron chi connectivity index (χ1n) is 7.97. The van der Waals surface area contributed by atoms with Gasteiger partial charge in [-0.05, 0) is 48.8 Å². The highest BCUT2D eigenvalue weighted by Gasteiger charge is 2.20. The van der Waals surface area contributed by atoms with Crippen molar-refractivity contribution in [3.8, 4) is 0 Å². The van der Waals surface area contributed by atoms with Gasteiger partial charge in [0.1, 0.15) is 5.76 Å². The van der Waals surface area contributed by atoms with Crippen molar-refractivity contribution >= 4 is 17.3 Å². The summed E-state index contributed by atoms with van der Waals surface area (Å²) in [5.41, 5.74) is 0. The Hall–Kier alpha value is -1.75. The summed E-state index contributed by atoms with van der Waals surface area (Å²) in [4.78, 5) is 6.10. The van der Waals surface area contributed by atoms with Gasteiger partial charge in [-0.2, -0.15) is 0 Å². The fourth-order valence-corrected chi connectivity index (χ4v) is 2.92. The Labute approximate surface area is 135 Å². The highest BCUT2D eigenvalue weighted by Crippen LogP contribution is 2.28. The lowest BCUT2D eigenvalue weighted by Gasteiger charge is -2.12. The smallest absolute Gasteiger partial charge is 0.191 e. The Morgan fingerprint density at radius 1 is 1.18 bits per heavy atom. The van der Waals surface area contributed by atoms with Crippen molar-refractivity contribution in [3.05, 3.63) is 46.5 Å². The van der Waals surface area contributed by atoms with Gasteiger partial charge in [-0.25, -0.2) is 0 Å². The van der Waals surface area contributed by atoms with Crippen molar-refractivity contribution < 1.29 is 4.42 Å². The van der Waals surface area contributed by atoms with Crippen LogP contribution >= 0.6 is 11.3 Å². The molecule has 118 valence electrons. The van der Waals surface area contributed by atoms with Crippen LogP contribution in [0.2, 0.25) is 0 Å². The Bertz CT molecular complexity index is 517. The molecule has 2 heterocycles. The lowest BCUT2D eigenvalue weighted by Crippen LogP contribution is -2.39. The molecule has 2 aromatic heterocycles. The van der Waals surface area contributed by atoms with Crippen LogP contribution in [0.4, 0.5) is 0 Å². The summed E-state index contributed by atoms with van der Waals surface area (Å²) in [5.74, 6) is 2.74. The Balaban J connectivity index is 1.42. The monoisotopic (exact) mass is 317 g/mol. The average Bonchev–Trinajstić information content (AvgIpc) is 3.00. The summed E-state index contributed by atoms with van der Waals surface area (Å²) in [7, 11) is 0. The number of guanidine groups is 1. The second-order valence-corrected chi connectivity index (χ2v) is 6.68. The van der Waals surface area contributed by atoms with Crippen molar-refractivity contribution in [1.29, 1.82) is 0 Å². The quantitative estimate of drug-likeness (QED) is 0.581. The van der Waals surface area contributed by atoms with E-state index in [2.05, 4.69) is 28.1 Å². The van der Waals surface area contributed by atoms with E-state index in [1.165, 1.54) is 17.7 Å². The maximum absolute atomic E-state index is 5.35. The van der Waals surface area contributed by atoms with Gasteiger partial charge in [0.2, 0.25) is 0 Å². The number of hydrogen-bond donors (Lipinski definition) is 2. The molecule has 0 saturated heterocycles. The second-order valence-electron chi connectivity index (χ2n) is 5.64. The summed E-state index contributed by atoms with van der Waals surface area (Å²) in [6.07, 6.45) is 6.30. The van der Waals surface area contributed by atoms with Gasteiger partial charge in [-0.1, -0.05) is 6.07 Å². The second kappa shape index (κ2) is 8.03. The molecule has 0 spiro atoms. The molecule has 0 atom stereocenters. The number of furan rings is 1. The number of thiophene rings is 1. The SMILES string of the molecule is c1coc(CCNC(=NCC2CC2)NCCc2cccs2)c1. The number of aliphatic imine (C=N–C) groups is 1. The maximum Gasteiger partial charge on any atom is 0.191 e. The summed E-state index contributed by atoms with van der Waals surface area (Å²) >= 11 is 1.81. The van der Waals surface area contributed by atoms with Crippen molar-refractivity contribution in [3.63, 3.8) is 0 Å². The van der Waals surface area contributed by atoms with Crippen molar-refractivity contribution in [1.82, 2.24) is 10.6 Å². The lowest BCUT2D eigenvalue weighted by atomic mass is 10.3. The molecule has 0 aromatic carbocycles. The summed E-state index contributed by atoms with van der Waals surface area (Å²) in [6, 6.07) is 8.21. The highest BCUT2D eigenvalue weighted by molar-refractivity contribution is 7.09.